The van der Waals surface area contributed by atoms with E-state index in [4.69, 9.17) is 0 Å². The predicted octanol–water partition coefficient (Wildman–Crippen LogP) is 2.39. The standard InChI is InChI=1S/C15H25NO4S2/c1-12(2)10-16(11-13(3)4)22(19,20)15-8-6-14(7-9-15)21(5,17)18/h6-9,12-13H,10-11H2,1-5H3. The molecule has 0 bridgehead atoms. The van der Waals surface area contributed by atoms with E-state index in [-0.39, 0.29) is 21.6 Å². The van der Waals surface area contributed by atoms with Crippen LogP contribution in [-0.4, -0.2) is 40.5 Å². The topological polar surface area (TPSA) is 71.5 Å². The molecule has 1 aromatic carbocycles. The fraction of sp³-hybridized carbons (Fsp3) is 0.600. The number of sulfone groups is 1. The van der Waals surface area contributed by atoms with Crippen LogP contribution < -0.4 is 0 Å². The van der Waals surface area contributed by atoms with Gasteiger partial charge in [0, 0.05) is 19.3 Å². The molecule has 0 atom stereocenters. The molecule has 0 unspecified atom stereocenters. The first kappa shape index (κ1) is 19.1. The Kier molecular flexibility index (Phi) is 6.18. The van der Waals surface area contributed by atoms with Gasteiger partial charge in [-0.05, 0) is 36.1 Å². The Morgan fingerprint density at radius 2 is 1.18 bits per heavy atom. The summed E-state index contributed by atoms with van der Waals surface area (Å²) in [4.78, 5) is 0.243. The van der Waals surface area contributed by atoms with Crippen molar-refractivity contribution in [1.82, 2.24) is 4.31 Å². The molecule has 0 aliphatic rings. The summed E-state index contributed by atoms with van der Waals surface area (Å²) >= 11 is 0. The van der Waals surface area contributed by atoms with Crippen LogP contribution in [0.4, 0.5) is 0 Å². The van der Waals surface area contributed by atoms with E-state index in [0.717, 1.165) is 6.26 Å². The molecule has 0 aromatic heterocycles. The molecule has 1 rings (SSSR count). The van der Waals surface area contributed by atoms with Gasteiger partial charge in [-0.3, -0.25) is 0 Å². The molecule has 0 radical (unpaired) electrons. The van der Waals surface area contributed by atoms with E-state index in [1.807, 2.05) is 27.7 Å². The predicted molar refractivity (Wildman–Crippen MR) is 88.0 cm³/mol. The highest BCUT2D eigenvalue weighted by Crippen LogP contribution is 2.20. The fourth-order valence-electron chi connectivity index (χ4n) is 2.09. The molecule has 7 heteroatoms. The average molecular weight is 348 g/mol. The zero-order valence-electron chi connectivity index (χ0n) is 13.8. The highest BCUT2D eigenvalue weighted by molar-refractivity contribution is 7.90. The van der Waals surface area contributed by atoms with Crippen LogP contribution in [0.15, 0.2) is 34.1 Å². The molecule has 0 saturated heterocycles. The number of nitrogens with zero attached hydrogens (tertiary/aromatic N) is 1. The van der Waals surface area contributed by atoms with E-state index < -0.39 is 19.9 Å². The van der Waals surface area contributed by atoms with Gasteiger partial charge in [0.1, 0.15) is 0 Å². The lowest BCUT2D eigenvalue weighted by Gasteiger charge is -2.25. The SMILES string of the molecule is CC(C)CN(CC(C)C)S(=O)(=O)c1ccc(S(C)(=O)=O)cc1. The van der Waals surface area contributed by atoms with Crippen LogP contribution in [0, 0.1) is 11.8 Å². The lowest BCUT2D eigenvalue weighted by Crippen LogP contribution is -2.37. The maximum Gasteiger partial charge on any atom is 0.243 e. The third kappa shape index (κ3) is 5.07. The summed E-state index contributed by atoms with van der Waals surface area (Å²) in [6, 6.07) is 5.40. The van der Waals surface area contributed by atoms with Crippen molar-refractivity contribution in [3.05, 3.63) is 24.3 Å². The van der Waals surface area contributed by atoms with Crippen molar-refractivity contribution < 1.29 is 16.8 Å². The molecule has 0 aliphatic carbocycles. The zero-order chi connectivity index (χ0) is 17.1. The summed E-state index contributed by atoms with van der Waals surface area (Å²) in [6.07, 6.45) is 1.10. The van der Waals surface area contributed by atoms with Gasteiger partial charge in [0.15, 0.2) is 9.84 Å². The monoisotopic (exact) mass is 347 g/mol. The lowest BCUT2D eigenvalue weighted by atomic mass is 10.2. The Balaban J connectivity index is 3.19. The highest BCUT2D eigenvalue weighted by atomic mass is 32.2. The molecule has 1 aromatic rings. The minimum absolute atomic E-state index is 0.116. The van der Waals surface area contributed by atoms with Crippen molar-refractivity contribution in [2.24, 2.45) is 11.8 Å². The van der Waals surface area contributed by atoms with E-state index in [1.165, 1.54) is 28.6 Å². The van der Waals surface area contributed by atoms with Crippen LogP contribution >= 0.6 is 0 Å². The average Bonchev–Trinajstić information content (AvgIpc) is 2.36. The molecule has 0 fully saturated rings. The lowest BCUT2D eigenvalue weighted by molar-refractivity contribution is 0.333. The molecule has 126 valence electrons. The minimum Gasteiger partial charge on any atom is -0.224 e. The maximum absolute atomic E-state index is 12.7. The molecular formula is C15H25NO4S2. The van der Waals surface area contributed by atoms with E-state index in [1.54, 1.807) is 0 Å². The van der Waals surface area contributed by atoms with Gasteiger partial charge < -0.3 is 0 Å². The molecule has 0 amide bonds. The third-order valence-electron chi connectivity index (χ3n) is 3.03. The first-order chi connectivity index (χ1) is 9.94. The number of hydrogen-bond acceptors (Lipinski definition) is 4. The Morgan fingerprint density at radius 1 is 0.818 bits per heavy atom. The van der Waals surface area contributed by atoms with Crippen molar-refractivity contribution in [2.45, 2.75) is 37.5 Å². The van der Waals surface area contributed by atoms with Gasteiger partial charge in [-0.1, -0.05) is 27.7 Å². The number of benzene rings is 1. The van der Waals surface area contributed by atoms with E-state index in [9.17, 15) is 16.8 Å². The first-order valence-electron chi connectivity index (χ1n) is 7.25. The van der Waals surface area contributed by atoms with Crippen molar-refractivity contribution >= 4 is 19.9 Å². The second-order valence-corrected chi connectivity index (χ2v) is 10.3. The second kappa shape index (κ2) is 7.10. The molecule has 0 aliphatic heterocycles. The molecule has 0 saturated carbocycles. The third-order valence-corrected chi connectivity index (χ3v) is 6.00. The van der Waals surface area contributed by atoms with Crippen molar-refractivity contribution in [2.75, 3.05) is 19.3 Å². The Morgan fingerprint density at radius 3 is 1.50 bits per heavy atom. The van der Waals surface area contributed by atoms with Gasteiger partial charge >= 0.3 is 0 Å². The number of rotatable bonds is 7. The largest absolute Gasteiger partial charge is 0.243 e. The van der Waals surface area contributed by atoms with Gasteiger partial charge in [0.2, 0.25) is 10.0 Å². The van der Waals surface area contributed by atoms with Crippen LogP contribution in [0.1, 0.15) is 27.7 Å². The molecule has 5 nitrogen and oxygen atoms in total. The van der Waals surface area contributed by atoms with Crippen molar-refractivity contribution in [1.29, 1.82) is 0 Å². The van der Waals surface area contributed by atoms with Crippen LogP contribution in [0.5, 0.6) is 0 Å². The maximum atomic E-state index is 12.7. The van der Waals surface area contributed by atoms with Gasteiger partial charge in [-0.25, -0.2) is 16.8 Å². The number of hydrogen-bond donors (Lipinski definition) is 0. The molecule has 0 heterocycles. The van der Waals surface area contributed by atoms with E-state index in [2.05, 4.69) is 0 Å². The van der Waals surface area contributed by atoms with E-state index >= 15 is 0 Å². The van der Waals surface area contributed by atoms with Crippen molar-refractivity contribution in [3.63, 3.8) is 0 Å². The van der Waals surface area contributed by atoms with Gasteiger partial charge in [-0.2, -0.15) is 4.31 Å². The Labute approximate surface area is 134 Å². The van der Waals surface area contributed by atoms with Crippen LogP contribution in [0.3, 0.4) is 0 Å². The summed E-state index contributed by atoms with van der Waals surface area (Å²) in [5.74, 6) is 0.424. The Bertz CT molecular complexity index is 680. The van der Waals surface area contributed by atoms with Crippen LogP contribution in [0.2, 0.25) is 0 Å². The molecular weight excluding hydrogens is 322 g/mol. The molecule has 22 heavy (non-hydrogen) atoms. The molecule has 0 spiro atoms. The Hall–Kier alpha value is -0.920. The molecule has 0 N–H and O–H groups in total. The van der Waals surface area contributed by atoms with Gasteiger partial charge in [0.25, 0.3) is 0 Å². The van der Waals surface area contributed by atoms with E-state index in [0.29, 0.717) is 13.1 Å². The summed E-state index contributed by atoms with van der Waals surface area (Å²) in [5.41, 5.74) is 0. The highest BCUT2D eigenvalue weighted by Gasteiger charge is 2.26. The van der Waals surface area contributed by atoms with Crippen LogP contribution in [0.25, 0.3) is 0 Å². The summed E-state index contributed by atoms with van der Waals surface area (Å²) in [6.45, 7) is 8.75. The van der Waals surface area contributed by atoms with Crippen molar-refractivity contribution in [3.8, 4) is 0 Å². The minimum atomic E-state index is -3.61. The summed E-state index contributed by atoms with van der Waals surface area (Å²) in [7, 11) is -6.95. The smallest absolute Gasteiger partial charge is 0.224 e. The quantitative estimate of drug-likeness (QED) is 0.759. The first-order valence-corrected chi connectivity index (χ1v) is 10.6. The number of sulfonamides is 1. The zero-order valence-corrected chi connectivity index (χ0v) is 15.4. The van der Waals surface area contributed by atoms with Gasteiger partial charge in [0.05, 0.1) is 9.79 Å². The second-order valence-electron chi connectivity index (χ2n) is 6.35. The summed E-state index contributed by atoms with van der Waals surface area (Å²) in [5, 5.41) is 0. The van der Waals surface area contributed by atoms with Gasteiger partial charge in [-0.15, -0.1) is 0 Å². The summed E-state index contributed by atoms with van der Waals surface area (Å²) < 4.78 is 49.9. The normalized spacial score (nSPS) is 13.3. The fourth-order valence-corrected chi connectivity index (χ4v) is 4.49. The van der Waals surface area contributed by atoms with Crippen LogP contribution in [-0.2, 0) is 19.9 Å².